The van der Waals surface area contributed by atoms with Crippen LogP contribution in [0.2, 0.25) is 0 Å². The zero-order valence-electron chi connectivity index (χ0n) is 12.4. The molecule has 1 N–H and O–H groups in total. The molecule has 1 heterocycles. The van der Waals surface area contributed by atoms with Crippen molar-refractivity contribution in [2.45, 2.75) is 45.7 Å². The molecule has 0 fully saturated rings. The van der Waals surface area contributed by atoms with Crippen molar-refractivity contribution in [2.24, 2.45) is 0 Å². The molecule has 0 amide bonds. The summed E-state index contributed by atoms with van der Waals surface area (Å²) in [6, 6.07) is 0.322. The summed E-state index contributed by atoms with van der Waals surface area (Å²) < 4.78 is 12.7. The Hall–Kier alpha value is -1.07. The smallest absolute Gasteiger partial charge is 0.203 e. The molecule has 0 bridgehead atoms. The summed E-state index contributed by atoms with van der Waals surface area (Å²) in [6.45, 7) is 7.41. The average Bonchev–Trinajstić information content (AvgIpc) is 2.83. The number of ether oxygens (including phenoxy) is 2. The van der Waals surface area contributed by atoms with Crippen molar-refractivity contribution in [2.75, 3.05) is 32.2 Å². The number of anilines is 1. The van der Waals surface area contributed by atoms with Crippen LogP contribution in [0.15, 0.2) is 12.4 Å². The van der Waals surface area contributed by atoms with E-state index < -0.39 is 0 Å². The van der Waals surface area contributed by atoms with E-state index in [0.29, 0.717) is 12.6 Å². The molecule has 5 nitrogen and oxygen atoms in total. The third-order valence-electron chi connectivity index (χ3n) is 2.95. The quantitative estimate of drug-likeness (QED) is 0.627. The number of aryl methyl sites for hydroxylation is 1. The van der Waals surface area contributed by atoms with Crippen LogP contribution in [0.3, 0.4) is 0 Å². The van der Waals surface area contributed by atoms with Crippen LogP contribution in [0.4, 0.5) is 5.95 Å². The van der Waals surface area contributed by atoms with Crippen molar-refractivity contribution in [3.8, 4) is 0 Å². The van der Waals surface area contributed by atoms with E-state index >= 15 is 0 Å². The zero-order chi connectivity index (χ0) is 13.9. The molecule has 0 spiro atoms. The first-order valence-electron chi connectivity index (χ1n) is 7.16. The van der Waals surface area contributed by atoms with Gasteiger partial charge in [-0.1, -0.05) is 13.3 Å². The van der Waals surface area contributed by atoms with E-state index in [1.54, 1.807) is 7.11 Å². The Bertz CT molecular complexity index is 322. The molecular weight excluding hydrogens is 242 g/mol. The molecule has 0 aromatic carbocycles. The van der Waals surface area contributed by atoms with Gasteiger partial charge >= 0.3 is 0 Å². The Balaban J connectivity index is 2.45. The molecule has 0 saturated carbocycles. The maximum atomic E-state index is 5.36. The van der Waals surface area contributed by atoms with Gasteiger partial charge in [0.1, 0.15) is 0 Å². The molecule has 0 aliphatic rings. The Labute approximate surface area is 116 Å². The van der Waals surface area contributed by atoms with Gasteiger partial charge in [-0.25, -0.2) is 4.98 Å². The first-order chi connectivity index (χ1) is 9.31. The standard InChI is InChI=1S/C14H27N3O2/c1-4-7-13(12-18-3)16-14-15-8-10-17(14)9-6-11-19-5-2/h8,10,13H,4-7,9,11-12H2,1-3H3,(H,15,16). The summed E-state index contributed by atoms with van der Waals surface area (Å²) in [6.07, 6.45) is 7.05. The van der Waals surface area contributed by atoms with Crippen LogP contribution in [0.1, 0.15) is 33.1 Å². The highest BCUT2D eigenvalue weighted by Crippen LogP contribution is 2.10. The minimum Gasteiger partial charge on any atom is -0.383 e. The molecule has 0 radical (unpaired) electrons. The van der Waals surface area contributed by atoms with Gasteiger partial charge in [-0.2, -0.15) is 0 Å². The van der Waals surface area contributed by atoms with Gasteiger partial charge in [0.2, 0.25) is 5.95 Å². The molecule has 110 valence electrons. The maximum Gasteiger partial charge on any atom is 0.203 e. The van der Waals surface area contributed by atoms with Crippen LogP contribution in [0.25, 0.3) is 0 Å². The molecule has 0 aliphatic heterocycles. The fraction of sp³-hybridized carbons (Fsp3) is 0.786. The number of rotatable bonds is 11. The Morgan fingerprint density at radius 2 is 2.26 bits per heavy atom. The third-order valence-corrected chi connectivity index (χ3v) is 2.95. The lowest BCUT2D eigenvalue weighted by Crippen LogP contribution is -2.26. The summed E-state index contributed by atoms with van der Waals surface area (Å²) in [5.74, 6) is 0.923. The lowest BCUT2D eigenvalue weighted by molar-refractivity contribution is 0.141. The second kappa shape index (κ2) is 9.81. The summed E-state index contributed by atoms with van der Waals surface area (Å²) >= 11 is 0. The Morgan fingerprint density at radius 3 is 2.95 bits per heavy atom. The van der Waals surface area contributed by atoms with Crippen LogP contribution in [-0.2, 0) is 16.0 Å². The molecule has 1 rings (SSSR count). The number of methoxy groups -OCH3 is 1. The lowest BCUT2D eigenvalue weighted by atomic mass is 10.2. The summed E-state index contributed by atoms with van der Waals surface area (Å²) in [4.78, 5) is 4.37. The zero-order valence-corrected chi connectivity index (χ0v) is 12.4. The minimum atomic E-state index is 0.322. The van der Waals surface area contributed by atoms with E-state index in [0.717, 1.165) is 45.0 Å². The van der Waals surface area contributed by atoms with Gasteiger partial charge in [-0.3, -0.25) is 0 Å². The van der Waals surface area contributed by atoms with Crippen molar-refractivity contribution in [3.63, 3.8) is 0 Å². The monoisotopic (exact) mass is 269 g/mol. The van der Waals surface area contributed by atoms with Crippen LogP contribution < -0.4 is 5.32 Å². The van der Waals surface area contributed by atoms with Crippen molar-refractivity contribution >= 4 is 5.95 Å². The van der Waals surface area contributed by atoms with Crippen molar-refractivity contribution in [1.82, 2.24) is 9.55 Å². The van der Waals surface area contributed by atoms with E-state index in [-0.39, 0.29) is 0 Å². The highest BCUT2D eigenvalue weighted by atomic mass is 16.5. The highest BCUT2D eigenvalue weighted by Gasteiger charge is 2.10. The second-order valence-electron chi connectivity index (χ2n) is 4.58. The van der Waals surface area contributed by atoms with Gasteiger partial charge in [0.25, 0.3) is 0 Å². The molecule has 0 aliphatic carbocycles. The topological polar surface area (TPSA) is 48.3 Å². The number of nitrogens with one attached hydrogen (secondary N) is 1. The number of nitrogens with zero attached hydrogens (tertiary/aromatic N) is 2. The highest BCUT2D eigenvalue weighted by molar-refractivity contribution is 5.27. The molecule has 1 unspecified atom stereocenters. The van der Waals surface area contributed by atoms with Gasteiger partial charge in [0, 0.05) is 39.3 Å². The van der Waals surface area contributed by atoms with Crippen molar-refractivity contribution < 1.29 is 9.47 Å². The van der Waals surface area contributed by atoms with Crippen LogP contribution in [0, 0.1) is 0 Å². The number of hydrogen-bond acceptors (Lipinski definition) is 4. The van der Waals surface area contributed by atoms with Crippen LogP contribution in [-0.4, -0.2) is 42.5 Å². The van der Waals surface area contributed by atoms with E-state index in [1.807, 2.05) is 19.3 Å². The fourth-order valence-corrected chi connectivity index (χ4v) is 2.04. The van der Waals surface area contributed by atoms with Crippen molar-refractivity contribution in [1.29, 1.82) is 0 Å². The van der Waals surface area contributed by atoms with E-state index in [2.05, 4.69) is 21.8 Å². The predicted octanol–water partition coefficient (Wildman–Crippen LogP) is 2.54. The van der Waals surface area contributed by atoms with E-state index in [1.165, 1.54) is 0 Å². The van der Waals surface area contributed by atoms with Gasteiger partial charge in [-0.15, -0.1) is 0 Å². The molecule has 1 aromatic rings. The minimum absolute atomic E-state index is 0.322. The van der Waals surface area contributed by atoms with Crippen LogP contribution in [0.5, 0.6) is 0 Å². The predicted molar refractivity (Wildman–Crippen MR) is 77.5 cm³/mol. The SMILES string of the molecule is CCCC(COC)Nc1nccn1CCCOCC. The average molecular weight is 269 g/mol. The fourth-order valence-electron chi connectivity index (χ4n) is 2.04. The van der Waals surface area contributed by atoms with E-state index in [9.17, 15) is 0 Å². The molecule has 5 heteroatoms. The van der Waals surface area contributed by atoms with Crippen molar-refractivity contribution in [3.05, 3.63) is 12.4 Å². The number of imidazole rings is 1. The largest absolute Gasteiger partial charge is 0.383 e. The lowest BCUT2D eigenvalue weighted by Gasteiger charge is -2.18. The summed E-state index contributed by atoms with van der Waals surface area (Å²) in [7, 11) is 1.74. The van der Waals surface area contributed by atoms with Gasteiger partial charge < -0.3 is 19.4 Å². The maximum absolute atomic E-state index is 5.36. The van der Waals surface area contributed by atoms with Gasteiger partial charge in [-0.05, 0) is 19.8 Å². The van der Waals surface area contributed by atoms with Gasteiger partial charge in [0.05, 0.1) is 12.6 Å². The molecule has 0 saturated heterocycles. The molecule has 1 atom stereocenters. The van der Waals surface area contributed by atoms with E-state index in [4.69, 9.17) is 9.47 Å². The molecule has 1 aromatic heterocycles. The number of aromatic nitrogens is 2. The normalized spacial score (nSPS) is 12.6. The number of hydrogen-bond donors (Lipinski definition) is 1. The summed E-state index contributed by atoms with van der Waals surface area (Å²) in [5, 5.41) is 3.46. The van der Waals surface area contributed by atoms with Crippen LogP contribution >= 0.6 is 0 Å². The summed E-state index contributed by atoms with van der Waals surface area (Å²) in [5.41, 5.74) is 0. The first-order valence-corrected chi connectivity index (χ1v) is 7.16. The second-order valence-corrected chi connectivity index (χ2v) is 4.58. The third kappa shape index (κ3) is 6.07. The molecule has 19 heavy (non-hydrogen) atoms. The Morgan fingerprint density at radius 1 is 1.42 bits per heavy atom. The molecular formula is C14H27N3O2. The first kappa shape index (κ1) is 16.0. The van der Waals surface area contributed by atoms with Gasteiger partial charge in [0.15, 0.2) is 0 Å². The Kier molecular flexibility index (Phi) is 8.25.